The van der Waals surface area contributed by atoms with Gasteiger partial charge < -0.3 is 4.57 Å². The van der Waals surface area contributed by atoms with Crippen molar-refractivity contribution in [1.29, 1.82) is 0 Å². The average Bonchev–Trinajstić information content (AvgIpc) is 2.34. The van der Waals surface area contributed by atoms with Crippen LogP contribution < -0.4 is 0 Å². The molecule has 1 rings (SSSR count). The molecule has 1 heterocycles. The van der Waals surface area contributed by atoms with Gasteiger partial charge in [0.1, 0.15) is 5.82 Å². The van der Waals surface area contributed by atoms with E-state index in [0.29, 0.717) is 5.82 Å². The van der Waals surface area contributed by atoms with Crippen LogP contribution in [0.4, 0.5) is 13.2 Å². The molecule has 0 saturated heterocycles. The predicted octanol–water partition coefficient (Wildman–Crippen LogP) is 1.73. The Morgan fingerprint density at radius 1 is 1.54 bits per heavy atom. The van der Waals surface area contributed by atoms with Gasteiger partial charge in [-0.25, -0.2) is 4.98 Å². The van der Waals surface area contributed by atoms with E-state index in [1.54, 1.807) is 17.7 Å². The number of ether oxygens (including phenoxy) is 1. The third-order valence-electron chi connectivity index (χ3n) is 1.52. The van der Waals surface area contributed by atoms with Gasteiger partial charge >= 0.3 is 6.36 Å². The van der Waals surface area contributed by atoms with Gasteiger partial charge in [0.25, 0.3) is 0 Å². The number of alkyl halides is 3. The van der Waals surface area contributed by atoms with Crippen LogP contribution in [0.25, 0.3) is 0 Å². The molecule has 1 aromatic rings. The van der Waals surface area contributed by atoms with Crippen molar-refractivity contribution in [2.45, 2.75) is 19.8 Å². The monoisotopic (exact) mass is 194 g/mol. The normalized spacial score (nSPS) is 12.0. The number of halogens is 3. The van der Waals surface area contributed by atoms with Gasteiger partial charge in [-0.1, -0.05) is 0 Å². The number of imidazole rings is 1. The Bertz CT molecular complexity index is 269. The molecule has 0 aliphatic rings. The number of nitrogens with zero attached hydrogens (tertiary/aromatic N) is 2. The summed E-state index contributed by atoms with van der Waals surface area (Å²) in [6.07, 6.45) is -1.41. The fraction of sp³-hybridized carbons (Fsp3) is 0.571. The molecule has 74 valence electrons. The first-order chi connectivity index (χ1) is 5.99. The lowest BCUT2D eigenvalue weighted by molar-refractivity contribution is -0.325. The highest BCUT2D eigenvalue weighted by Crippen LogP contribution is 2.15. The predicted molar refractivity (Wildman–Crippen MR) is 39.0 cm³/mol. The van der Waals surface area contributed by atoms with Crippen molar-refractivity contribution in [2.24, 2.45) is 0 Å². The van der Waals surface area contributed by atoms with Crippen LogP contribution >= 0.6 is 0 Å². The van der Waals surface area contributed by atoms with E-state index in [4.69, 9.17) is 0 Å². The van der Waals surface area contributed by atoms with Gasteiger partial charge in [0.15, 0.2) is 0 Å². The lowest BCUT2D eigenvalue weighted by Crippen LogP contribution is -2.17. The number of aromatic nitrogens is 2. The van der Waals surface area contributed by atoms with E-state index in [0.717, 1.165) is 0 Å². The minimum Gasteiger partial charge on any atom is -0.333 e. The summed E-state index contributed by atoms with van der Waals surface area (Å²) in [5.74, 6) is 0.672. The maximum Gasteiger partial charge on any atom is 0.522 e. The minimum absolute atomic E-state index is 0.158. The molecule has 0 bridgehead atoms. The first-order valence-electron chi connectivity index (χ1n) is 3.67. The van der Waals surface area contributed by atoms with E-state index in [9.17, 15) is 13.2 Å². The maximum absolute atomic E-state index is 11.5. The van der Waals surface area contributed by atoms with Crippen molar-refractivity contribution in [2.75, 3.05) is 6.61 Å². The molecule has 3 nitrogen and oxygen atoms in total. The Morgan fingerprint density at radius 2 is 2.23 bits per heavy atom. The van der Waals surface area contributed by atoms with Crippen LogP contribution in [0.2, 0.25) is 0 Å². The molecule has 0 saturated carbocycles. The number of hydrogen-bond donors (Lipinski definition) is 0. The molecule has 0 atom stereocenters. The second kappa shape index (κ2) is 3.78. The van der Waals surface area contributed by atoms with Gasteiger partial charge in [-0.15, -0.1) is 13.2 Å². The molecular weight excluding hydrogens is 185 g/mol. The van der Waals surface area contributed by atoms with Crippen molar-refractivity contribution in [1.82, 2.24) is 9.55 Å². The van der Waals surface area contributed by atoms with Crippen molar-refractivity contribution < 1.29 is 17.9 Å². The van der Waals surface area contributed by atoms with Crippen LogP contribution in [0, 0.1) is 6.92 Å². The molecule has 0 spiro atoms. The average molecular weight is 194 g/mol. The van der Waals surface area contributed by atoms with Gasteiger partial charge in [0, 0.05) is 18.9 Å². The van der Waals surface area contributed by atoms with Crippen molar-refractivity contribution in [3.8, 4) is 0 Å². The quantitative estimate of drug-likeness (QED) is 0.732. The first kappa shape index (κ1) is 10.0. The Balaban J connectivity index is 2.32. The van der Waals surface area contributed by atoms with E-state index in [1.807, 2.05) is 0 Å². The van der Waals surface area contributed by atoms with Crippen LogP contribution in [-0.2, 0) is 11.3 Å². The Hall–Kier alpha value is -1.04. The zero-order valence-corrected chi connectivity index (χ0v) is 7.01. The van der Waals surface area contributed by atoms with Crippen molar-refractivity contribution >= 4 is 0 Å². The highest BCUT2D eigenvalue weighted by molar-refractivity contribution is 4.87. The summed E-state index contributed by atoms with van der Waals surface area (Å²) in [5, 5.41) is 0. The highest BCUT2D eigenvalue weighted by Gasteiger charge is 2.28. The molecule has 0 unspecified atom stereocenters. The molecule has 0 aliphatic carbocycles. The van der Waals surface area contributed by atoms with Gasteiger partial charge in [-0.2, -0.15) is 0 Å². The number of hydrogen-bond acceptors (Lipinski definition) is 2. The van der Waals surface area contributed by atoms with Gasteiger partial charge in [-0.3, -0.25) is 4.74 Å². The van der Waals surface area contributed by atoms with Crippen molar-refractivity contribution in [3.05, 3.63) is 18.2 Å². The fourth-order valence-electron chi connectivity index (χ4n) is 0.900. The molecule has 0 N–H and O–H groups in total. The van der Waals surface area contributed by atoms with Crippen molar-refractivity contribution in [3.63, 3.8) is 0 Å². The Kier molecular flexibility index (Phi) is 2.92. The van der Waals surface area contributed by atoms with E-state index in [1.165, 1.54) is 6.20 Å². The number of rotatable bonds is 3. The molecule has 6 heteroatoms. The second-order valence-corrected chi connectivity index (χ2v) is 2.46. The molecule has 0 amide bonds. The zero-order chi connectivity index (χ0) is 9.90. The standard InChI is InChI=1S/C7H9F3N2O/c1-6-11-2-3-12(6)4-5-13-7(8,9)10/h2-3H,4-5H2,1H3. The van der Waals surface area contributed by atoms with E-state index in [-0.39, 0.29) is 13.2 Å². The summed E-state index contributed by atoms with van der Waals surface area (Å²) < 4.78 is 39.8. The lowest BCUT2D eigenvalue weighted by Gasteiger charge is -2.08. The smallest absolute Gasteiger partial charge is 0.333 e. The lowest BCUT2D eigenvalue weighted by atomic mass is 10.6. The van der Waals surface area contributed by atoms with Crippen LogP contribution in [-0.4, -0.2) is 22.5 Å². The van der Waals surface area contributed by atoms with Gasteiger partial charge in [0.2, 0.25) is 0 Å². The molecule has 1 aromatic heterocycles. The minimum atomic E-state index is -4.55. The first-order valence-corrected chi connectivity index (χ1v) is 3.67. The largest absolute Gasteiger partial charge is 0.522 e. The molecule has 0 aromatic carbocycles. The fourth-order valence-corrected chi connectivity index (χ4v) is 0.900. The van der Waals surface area contributed by atoms with E-state index >= 15 is 0 Å². The second-order valence-electron chi connectivity index (χ2n) is 2.46. The zero-order valence-electron chi connectivity index (χ0n) is 7.01. The summed E-state index contributed by atoms with van der Waals surface area (Å²) >= 11 is 0. The summed E-state index contributed by atoms with van der Waals surface area (Å²) in [5.41, 5.74) is 0. The molecule has 0 radical (unpaired) electrons. The summed E-state index contributed by atoms with van der Waals surface area (Å²) in [4.78, 5) is 3.86. The molecule has 13 heavy (non-hydrogen) atoms. The molecule has 0 aliphatic heterocycles. The molecule has 0 fully saturated rings. The van der Waals surface area contributed by atoms with Crippen LogP contribution in [0.15, 0.2) is 12.4 Å². The Labute approximate surface area is 73.1 Å². The van der Waals surface area contributed by atoms with E-state index in [2.05, 4.69) is 9.72 Å². The van der Waals surface area contributed by atoms with Crippen LogP contribution in [0.3, 0.4) is 0 Å². The maximum atomic E-state index is 11.5. The molecular formula is C7H9F3N2O. The van der Waals surface area contributed by atoms with E-state index < -0.39 is 6.36 Å². The SMILES string of the molecule is Cc1nccn1CCOC(F)(F)F. The number of aryl methyl sites for hydroxylation is 1. The summed E-state index contributed by atoms with van der Waals surface area (Å²) in [7, 11) is 0. The van der Waals surface area contributed by atoms with Crippen LogP contribution in [0.1, 0.15) is 5.82 Å². The van der Waals surface area contributed by atoms with Gasteiger partial charge in [-0.05, 0) is 6.92 Å². The topological polar surface area (TPSA) is 27.1 Å². The van der Waals surface area contributed by atoms with Crippen LogP contribution in [0.5, 0.6) is 0 Å². The third kappa shape index (κ3) is 3.45. The highest BCUT2D eigenvalue weighted by atomic mass is 19.4. The Morgan fingerprint density at radius 3 is 2.69 bits per heavy atom. The summed E-state index contributed by atoms with van der Waals surface area (Å²) in [6.45, 7) is 1.49. The summed E-state index contributed by atoms with van der Waals surface area (Å²) in [6, 6.07) is 0. The van der Waals surface area contributed by atoms with Gasteiger partial charge in [0.05, 0.1) is 6.61 Å². The third-order valence-corrected chi connectivity index (χ3v) is 1.52.